The van der Waals surface area contributed by atoms with E-state index in [0.717, 1.165) is 127 Å². The summed E-state index contributed by atoms with van der Waals surface area (Å²) in [4.78, 5) is 91.9. The average Bonchev–Trinajstić information content (AvgIpc) is 0.820. The monoisotopic (exact) mass is 1430 g/mol. The number of carboxylic acid groups (broad SMARTS) is 1. The molecule has 5 aliphatic rings. The van der Waals surface area contributed by atoms with Crippen LogP contribution in [0.2, 0.25) is 0 Å². The number of rotatable bonds is 34. The van der Waals surface area contributed by atoms with E-state index < -0.39 is 47.6 Å². The summed E-state index contributed by atoms with van der Waals surface area (Å²) in [6.07, 6.45) is 15.9. The summed E-state index contributed by atoms with van der Waals surface area (Å²) in [7, 11) is 6.11. The number of aliphatic hydroxyl groups is 1. The van der Waals surface area contributed by atoms with E-state index in [-0.39, 0.29) is 52.3 Å². The Bertz CT molecular complexity index is 4060. The second-order valence-electron chi connectivity index (χ2n) is 32.1. The van der Waals surface area contributed by atoms with Gasteiger partial charge >= 0.3 is 5.97 Å². The lowest BCUT2D eigenvalue weighted by Crippen LogP contribution is -2.64. The van der Waals surface area contributed by atoms with Crippen LogP contribution < -0.4 is 20.9 Å². The van der Waals surface area contributed by atoms with Crippen LogP contribution in [0.5, 0.6) is 0 Å². The van der Waals surface area contributed by atoms with Crippen LogP contribution in [0, 0.1) is 42.4 Å². The molecule has 5 aromatic heterocycles. The van der Waals surface area contributed by atoms with Crippen molar-refractivity contribution in [3.8, 4) is 21.6 Å². The van der Waals surface area contributed by atoms with E-state index in [1.807, 2.05) is 138 Å². The number of ether oxygens (including phenoxy) is 1. The maximum Gasteiger partial charge on any atom is 0.355 e. The molecule has 1 aliphatic heterocycles. The normalized spacial score (nSPS) is 22.5. The van der Waals surface area contributed by atoms with Crippen molar-refractivity contribution >= 4 is 85.5 Å². The Labute approximate surface area is 609 Å². The van der Waals surface area contributed by atoms with Gasteiger partial charge in [-0.3, -0.25) is 24.0 Å². The Morgan fingerprint density at radius 3 is 2.21 bits per heavy atom. The molecular weight excluding hydrogens is 1330 g/mol. The van der Waals surface area contributed by atoms with Crippen molar-refractivity contribution in [1.29, 1.82) is 0 Å². The van der Waals surface area contributed by atoms with Crippen molar-refractivity contribution in [2.24, 2.45) is 21.7 Å². The van der Waals surface area contributed by atoms with Gasteiger partial charge in [-0.25, -0.2) is 19.7 Å². The molecule has 12 rings (SSSR count). The van der Waals surface area contributed by atoms with Crippen LogP contribution in [-0.4, -0.2) is 174 Å². The second-order valence-corrected chi connectivity index (χ2v) is 34.0. The molecule has 2 aromatic carbocycles. The quantitative estimate of drug-likeness (QED) is 0.0185. The topological polar surface area (TPSA) is 266 Å². The zero-order valence-corrected chi connectivity index (χ0v) is 63.4. The molecule has 4 bridgehead atoms. The third kappa shape index (κ3) is 17.6. The molecule has 6 heterocycles. The van der Waals surface area contributed by atoms with Gasteiger partial charge in [0.15, 0.2) is 22.5 Å². The lowest BCUT2D eigenvalue weighted by molar-refractivity contribution is -0.248. The van der Waals surface area contributed by atoms with E-state index in [9.17, 15) is 24.6 Å². The first kappa shape index (κ1) is 75.5. The minimum Gasteiger partial charge on any atom is -0.476 e. The highest BCUT2D eigenvalue weighted by Gasteiger charge is 2.66. The first-order chi connectivity index (χ1) is 48.6. The Hall–Kier alpha value is -7.61. The van der Waals surface area contributed by atoms with Gasteiger partial charge in [0.1, 0.15) is 24.2 Å². The van der Waals surface area contributed by atoms with E-state index in [2.05, 4.69) is 58.5 Å². The number of unbranched alkanes of at least 4 members (excludes halogenated alkanes) is 7. The number of aldehydes is 1. The highest BCUT2D eigenvalue weighted by atomic mass is 32.1. The molecule has 24 heteroatoms. The summed E-state index contributed by atoms with van der Waals surface area (Å²) in [5, 5.41) is 47.1. The Morgan fingerprint density at radius 1 is 0.814 bits per heavy atom. The Balaban J connectivity index is 0.815. The van der Waals surface area contributed by atoms with Crippen molar-refractivity contribution in [3.63, 3.8) is 0 Å². The summed E-state index contributed by atoms with van der Waals surface area (Å²) >= 11 is 3.09. The molecule has 0 spiro atoms. The number of hydrogen-bond donors (Lipinski definition) is 5. The number of carboxylic acids is 1. The van der Waals surface area contributed by atoms with E-state index >= 15 is 9.59 Å². The number of carbonyl (C=O) groups is 5. The summed E-state index contributed by atoms with van der Waals surface area (Å²) in [5.41, 5.74) is 7.59. The molecule has 0 radical (unpaired) electrons. The number of likely N-dealkylation sites (tertiary alicyclic amines) is 1. The number of thiazole rings is 2. The smallest absolute Gasteiger partial charge is 0.355 e. The molecule has 5 N–H and O–H groups in total. The molecule has 5 fully saturated rings. The number of fused-ring (bicyclic) bond motifs is 1. The molecule has 4 aliphatic carbocycles. The zero-order chi connectivity index (χ0) is 72.9. The molecule has 7 aromatic rings. The first-order valence-corrected chi connectivity index (χ1v) is 38.3. The van der Waals surface area contributed by atoms with E-state index in [1.54, 1.807) is 17.5 Å². The van der Waals surface area contributed by atoms with Crippen LogP contribution >= 0.6 is 22.7 Å². The van der Waals surface area contributed by atoms with Crippen molar-refractivity contribution < 1.29 is 38.9 Å². The number of aromatic carboxylic acids is 1. The molecule has 7 atom stereocenters. The fraction of sp³-hybridized carbons (Fsp3) is 0.577. The number of aryl methyl sites for hydroxylation is 2. The SMILES string of the molecule is Cc1cc(N(CCCCN(C)C(CCCCCCCCC=O)C(=O)N[C@H](C(=O)N2C[C@H](O)C[C@H]2C(=O)N[C@@H](C)c2ccc(-c3scnc3C)cc2)C(C)(C)C)c2ccc(-c3cnn(CC45CC6(C)CC(C)(C4)CC(OCCN(C)C)(C6)C5)c3C)c(C(=O)O)n2)nnc1Nc1nc2ccccc2s1. The number of para-hydroxylation sites is 1. The number of anilines is 4. The number of benzene rings is 2. The minimum atomic E-state index is -1.18. The van der Waals surface area contributed by atoms with Crippen molar-refractivity contribution in [3.05, 3.63) is 107 Å². The maximum atomic E-state index is 15.1. The van der Waals surface area contributed by atoms with Crippen molar-refractivity contribution in [2.45, 2.75) is 214 Å². The van der Waals surface area contributed by atoms with Crippen LogP contribution in [0.4, 0.5) is 22.6 Å². The van der Waals surface area contributed by atoms with E-state index in [0.29, 0.717) is 85.6 Å². The Morgan fingerprint density at radius 2 is 1.53 bits per heavy atom. The molecular formula is C78H106N14O8S2. The number of carbonyl (C=O) groups excluding carboxylic acids is 4. The predicted molar refractivity (Wildman–Crippen MR) is 402 cm³/mol. The molecule has 22 nitrogen and oxygen atoms in total. The number of pyridine rings is 1. The van der Waals surface area contributed by atoms with E-state index in [4.69, 9.17) is 30.0 Å². The third-order valence-electron chi connectivity index (χ3n) is 21.7. The van der Waals surface area contributed by atoms with Gasteiger partial charge in [0, 0.05) is 55.8 Å². The number of amides is 3. The van der Waals surface area contributed by atoms with Gasteiger partial charge in [-0.15, -0.1) is 21.5 Å². The summed E-state index contributed by atoms with van der Waals surface area (Å²) in [6, 6.07) is 18.5. The minimum absolute atomic E-state index is 0.0264. The molecule has 1 saturated heterocycles. The summed E-state index contributed by atoms with van der Waals surface area (Å²) < 4.78 is 10.1. The van der Waals surface area contributed by atoms with Gasteiger partial charge in [0.25, 0.3) is 0 Å². The largest absolute Gasteiger partial charge is 0.476 e. The molecule has 548 valence electrons. The van der Waals surface area contributed by atoms with E-state index in [1.165, 1.54) is 22.7 Å². The van der Waals surface area contributed by atoms with Gasteiger partial charge in [-0.05, 0) is 188 Å². The van der Waals surface area contributed by atoms with Gasteiger partial charge < -0.3 is 50.4 Å². The lowest BCUT2D eigenvalue weighted by atomic mass is 9.39. The standard InChI is InChI=1S/C78H106N14O8S2/c1-50-38-64(86-87-68(50)85-73-82-59-24-19-20-26-62(59)102-73)90(63-32-31-57(65(83-63)72(98)99)58-40-80-92(53(58)4)48-77-43-75(8)42-76(9,44-77)46-78(45-75,47-77)100-37-35-88(10)11)34-22-21-33-89(12)60(25-18-16-14-13-15-17-23-36-93)69(95)84-67(74(5,6)7)71(97)91-41-56(94)39-61(91)70(96)81-51(2)54-27-29-55(30-28-54)66-52(3)79-49-101-66/h19-20,24,26-32,36,38,40,49,51,56,60-61,67,94H,13-18,21-23,25,33-35,37,39,41-48H2,1-12H3,(H,81,96)(H,84,95)(H,98,99)(H,82,85,87)/t51-,56+,60?,61-,67+,75?,76?,77?,78?/m0/s1. The summed E-state index contributed by atoms with van der Waals surface area (Å²) in [5.74, 6) is -0.952. The third-order valence-corrected chi connectivity index (χ3v) is 23.6. The zero-order valence-electron chi connectivity index (χ0n) is 61.8. The Kier molecular flexibility index (Phi) is 23.5. The number of nitrogens with zero attached hydrogens (tertiary/aromatic N) is 11. The molecule has 3 unspecified atom stereocenters. The average molecular weight is 1430 g/mol. The number of hydrogen-bond acceptors (Lipinski definition) is 19. The fourth-order valence-corrected chi connectivity index (χ4v) is 19.4. The number of likely N-dealkylation sites (N-methyl/N-ethyl adjacent to an activating group) is 2. The van der Waals surface area contributed by atoms with Gasteiger partial charge in [0.2, 0.25) is 17.7 Å². The van der Waals surface area contributed by atoms with Gasteiger partial charge in [-0.2, -0.15) is 5.10 Å². The second kappa shape index (κ2) is 31.8. The maximum absolute atomic E-state index is 15.1. The van der Waals surface area contributed by atoms with Crippen LogP contribution in [0.15, 0.2) is 78.4 Å². The first-order valence-electron chi connectivity index (χ1n) is 36.6. The van der Waals surface area contributed by atoms with Crippen LogP contribution in [-0.2, 0) is 30.5 Å². The number of aromatic nitrogens is 7. The molecule has 3 amide bonds. The summed E-state index contributed by atoms with van der Waals surface area (Å²) in [6.45, 7) is 21.5. The predicted octanol–water partition coefficient (Wildman–Crippen LogP) is 13.4. The van der Waals surface area contributed by atoms with Crippen LogP contribution in [0.25, 0.3) is 31.8 Å². The number of aliphatic hydroxyl groups excluding tert-OH is 1. The van der Waals surface area contributed by atoms with Crippen molar-refractivity contribution in [2.75, 3.05) is 64.1 Å². The molecule has 4 saturated carbocycles. The highest BCUT2D eigenvalue weighted by molar-refractivity contribution is 7.22. The van der Waals surface area contributed by atoms with Crippen LogP contribution in [0.1, 0.15) is 190 Å². The fourth-order valence-electron chi connectivity index (χ4n) is 17.7. The number of nitrogens with one attached hydrogen (secondary N) is 3. The van der Waals surface area contributed by atoms with Crippen LogP contribution in [0.3, 0.4) is 0 Å². The molecule has 102 heavy (non-hydrogen) atoms. The van der Waals surface area contributed by atoms with Crippen molar-refractivity contribution in [1.82, 2.24) is 60.3 Å². The number of β-amino-alcohol motifs (C(OH)–C–C–N with tert-alkyl or cyclic N) is 1. The highest BCUT2D eigenvalue weighted by Crippen LogP contribution is 2.72. The lowest BCUT2D eigenvalue weighted by Gasteiger charge is -2.69. The van der Waals surface area contributed by atoms with Gasteiger partial charge in [0.05, 0.1) is 62.9 Å². The van der Waals surface area contributed by atoms with Gasteiger partial charge in [-0.1, -0.05) is 114 Å².